The Morgan fingerprint density at radius 3 is 2.04 bits per heavy atom. The number of carbonyl (C=O) groups is 2. The molecule has 0 unspecified atom stereocenters. The number of hydrogen-bond acceptors (Lipinski definition) is 2. The second-order valence-corrected chi connectivity index (χ2v) is 4.95. The highest BCUT2D eigenvalue weighted by atomic mass is 16.2. The minimum atomic E-state index is -0.343. The van der Waals surface area contributed by atoms with E-state index in [-0.39, 0.29) is 11.9 Å². The topological polar surface area (TPSA) is 70.2 Å². The van der Waals surface area contributed by atoms with E-state index in [9.17, 15) is 9.59 Å². The van der Waals surface area contributed by atoms with E-state index in [1.807, 2.05) is 18.2 Å². The maximum absolute atomic E-state index is 12.0. The van der Waals surface area contributed by atoms with E-state index in [2.05, 4.69) is 16.0 Å². The summed E-state index contributed by atoms with van der Waals surface area (Å²) in [5, 5.41) is 8.24. The second kappa shape index (κ2) is 7.79. The van der Waals surface area contributed by atoms with Gasteiger partial charge in [-0.2, -0.15) is 0 Å². The van der Waals surface area contributed by atoms with Crippen LogP contribution >= 0.6 is 0 Å². The molecule has 0 fully saturated rings. The van der Waals surface area contributed by atoms with Crippen molar-refractivity contribution < 1.29 is 9.59 Å². The number of hydrogen-bond donors (Lipinski definition) is 3. The molecule has 3 N–H and O–H groups in total. The molecule has 23 heavy (non-hydrogen) atoms. The monoisotopic (exact) mass is 309 g/mol. The Morgan fingerprint density at radius 1 is 0.826 bits per heavy atom. The number of nitrogens with one attached hydrogen (secondary N) is 3. The van der Waals surface area contributed by atoms with Gasteiger partial charge in [0.2, 0.25) is 0 Å². The van der Waals surface area contributed by atoms with Gasteiger partial charge in [-0.05, 0) is 44.2 Å². The standard InChI is InChI=1S/C18H19N3O2/c1-3-13(2)17(22)19-15-10-7-11-16(12-15)21-18(23)20-14-8-5-4-6-9-14/h3-12H,1-2H3,(H,19,22)(H2,20,21,23)/b13-3+. The molecule has 0 aliphatic heterocycles. The number of para-hydroxylation sites is 1. The van der Waals surface area contributed by atoms with E-state index >= 15 is 0 Å². The molecular weight excluding hydrogens is 290 g/mol. The van der Waals surface area contributed by atoms with Crippen LogP contribution in [-0.2, 0) is 4.79 Å². The Hall–Kier alpha value is -3.08. The summed E-state index contributed by atoms with van der Waals surface area (Å²) in [7, 11) is 0. The Labute approximate surface area is 135 Å². The summed E-state index contributed by atoms with van der Waals surface area (Å²) < 4.78 is 0. The summed E-state index contributed by atoms with van der Waals surface area (Å²) in [5.74, 6) is -0.168. The highest BCUT2D eigenvalue weighted by Crippen LogP contribution is 2.16. The average molecular weight is 309 g/mol. The summed E-state index contributed by atoms with van der Waals surface area (Å²) in [6, 6.07) is 15.8. The van der Waals surface area contributed by atoms with Crippen LogP contribution in [-0.4, -0.2) is 11.9 Å². The molecule has 2 aromatic rings. The van der Waals surface area contributed by atoms with Crippen LogP contribution < -0.4 is 16.0 Å². The maximum atomic E-state index is 12.0. The first-order valence-corrected chi connectivity index (χ1v) is 7.26. The normalized spacial score (nSPS) is 10.8. The Kier molecular flexibility index (Phi) is 5.52. The zero-order valence-electron chi connectivity index (χ0n) is 13.1. The van der Waals surface area contributed by atoms with E-state index in [0.717, 1.165) is 0 Å². The van der Waals surface area contributed by atoms with Crippen molar-refractivity contribution in [1.29, 1.82) is 0 Å². The molecule has 0 aliphatic carbocycles. The molecule has 2 rings (SSSR count). The predicted octanol–water partition coefficient (Wildman–Crippen LogP) is 4.24. The first-order chi connectivity index (χ1) is 11.1. The lowest BCUT2D eigenvalue weighted by Gasteiger charge is -2.10. The van der Waals surface area contributed by atoms with E-state index in [1.54, 1.807) is 56.3 Å². The number of urea groups is 1. The van der Waals surface area contributed by atoms with Crippen LogP contribution in [0.3, 0.4) is 0 Å². The number of benzene rings is 2. The molecule has 0 bridgehead atoms. The van der Waals surface area contributed by atoms with Crippen LogP contribution in [0.2, 0.25) is 0 Å². The molecule has 5 heteroatoms. The van der Waals surface area contributed by atoms with Gasteiger partial charge in [0.1, 0.15) is 0 Å². The number of anilines is 3. The fourth-order valence-corrected chi connectivity index (χ4v) is 1.85. The highest BCUT2D eigenvalue weighted by molar-refractivity contribution is 6.04. The molecule has 3 amide bonds. The highest BCUT2D eigenvalue weighted by Gasteiger charge is 2.06. The minimum absolute atomic E-state index is 0.168. The van der Waals surface area contributed by atoms with Crippen molar-refractivity contribution in [2.45, 2.75) is 13.8 Å². The van der Waals surface area contributed by atoms with E-state index in [0.29, 0.717) is 22.6 Å². The summed E-state index contributed by atoms with van der Waals surface area (Å²) in [6.07, 6.45) is 1.74. The van der Waals surface area contributed by atoms with Gasteiger partial charge < -0.3 is 16.0 Å². The first kappa shape index (κ1) is 16.3. The molecule has 0 heterocycles. The van der Waals surface area contributed by atoms with Gasteiger partial charge in [-0.15, -0.1) is 0 Å². The largest absolute Gasteiger partial charge is 0.323 e. The van der Waals surface area contributed by atoms with Gasteiger partial charge in [0.05, 0.1) is 0 Å². The number of allylic oxidation sites excluding steroid dienone is 1. The molecule has 0 saturated heterocycles. The Bertz CT molecular complexity index is 724. The van der Waals surface area contributed by atoms with Gasteiger partial charge in [-0.1, -0.05) is 30.3 Å². The summed E-state index contributed by atoms with van der Waals surface area (Å²) in [4.78, 5) is 23.8. The second-order valence-electron chi connectivity index (χ2n) is 4.95. The van der Waals surface area contributed by atoms with Crippen molar-refractivity contribution in [1.82, 2.24) is 0 Å². The quantitative estimate of drug-likeness (QED) is 0.739. The first-order valence-electron chi connectivity index (χ1n) is 7.26. The third kappa shape index (κ3) is 5.00. The Morgan fingerprint density at radius 2 is 1.39 bits per heavy atom. The van der Waals surface area contributed by atoms with Crippen LogP contribution in [0.4, 0.5) is 21.9 Å². The molecule has 0 radical (unpaired) electrons. The lowest BCUT2D eigenvalue weighted by Crippen LogP contribution is -2.19. The van der Waals surface area contributed by atoms with Crippen molar-refractivity contribution in [3.8, 4) is 0 Å². The molecule has 0 aromatic heterocycles. The molecule has 0 spiro atoms. The van der Waals surface area contributed by atoms with Crippen molar-refractivity contribution in [2.24, 2.45) is 0 Å². The van der Waals surface area contributed by atoms with E-state index < -0.39 is 0 Å². The summed E-state index contributed by atoms with van der Waals surface area (Å²) >= 11 is 0. The fraction of sp³-hybridized carbons (Fsp3) is 0.111. The van der Waals surface area contributed by atoms with Crippen molar-refractivity contribution in [2.75, 3.05) is 16.0 Å². The van der Waals surface area contributed by atoms with Crippen LogP contribution in [0.25, 0.3) is 0 Å². The number of amides is 3. The summed E-state index contributed by atoms with van der Waals surface area (Å²) in [5.41, 5.74) is 2.55. The van der Waals surface area contributed by atoms with Gasteiger partial charge >= 0.3 is 6.03 Å². The van der Waals surface area contributed by atoms with Crippen molar-refractivity contribution in [3.63, 3.8) is 0 Å². The predicted molar refractivity (Wildman–Crippen MR) is 93.6 cm³/mol. The molecular formula is C18H19N3O2. The average Bonchev–Trinajstić information content (AvgIpc) is 2.55. The smallest absolute Gasteiger partial charge is 0.322 e. The third-order valence-electron chi connectivity index (χ3n) is 3.20. The molecule has 0 saturated carbocycles. The molecule has 2 aromatic carbocycles. The van der Waals surface area contributed by atoms with Gasteiger partial charge in [0, 0.05) is 22.6 Å². The SMILES string of the molecule is C/C=C(\C)C(=O)Nc1cccc(NC(=O)Nc2ccccc2)c1. The molecule has 5 nitrogen and oxygen atoms in total. The third-order valence-corrected chi connectivity index (χ3v) is 3.20. The summed E-state index contributed by atoms with van der Waals surface area (Å²) in [6.45, 7) is 3.55. The zero-order chi connectivity index (χ0) is 16.7. The minimum Gasteiger partial charge on any atom is -0.322 e. The van der Waals surface area contributed by atoms with Gasteiger partial charge in [-0.25, -0.2) is 4.79 Å². The fourth-order valence-electron chi connectivity index (χ4n) is 1.85. The van der Waals surface area contributed by atoms with Crippen LogP contribution in [0, 0.1) is 0 Å². The van der Waals surface area contributed by atoms with Crippen molar-refractivity contribution in [3.05, 3.63) is 66.2 Å². The van der Waals surface area contributed by atoms with Gasteiger partial charge in [-0.3, -0.25) is 4.79 Å². The lowest BCUT2D eigenvalue weighted by atomic mass is 10.2. The molecule has 118 valence electrons. The molecule has 0 aliphatic rings. The van der Waals surface area contributed by atoms with Crippen LogP contribution in [0.15, 0.2) is 66.2 Å². The van der Waals surface area contributed by atoms with Crippen molar-refractivity contribution >= 4 is 29.0 Å². The molecule has 0 atom stereocenters. The van der Waals surface area contributed by atoms with Gasteiger partial charge in [0.25, 0.3) is 5.91 Å². The number of carbonyl (C=O) groups excluding carboxylic acids is 2. The van der Waals surface area contributed by atoms with Crippen LogP contribution in [0.5, 0.6) is 0 Å². The number of rotatable bonds is 4. The zero-order valence-corrected chi connectivity index (χ0v) is 13.1. The van der Waals surface area contributed by atoms with E-state index in [1.165, 1.54) is 0 Å². The maximum Gasteiger partial charge on any atom is 0.323 e. The lowest BCUT2D eigenvalue weighted by molar-refractivity contribution is -0.112. The van der Waals surface area contributed by atoms with Gasteiger partial charge in [0.15, 0.2) is 0 Å². The van der Waals surface area contributed by atoms with Crippen LogP contribution in [0.1, 0.15) is 13.8 Å². The van der Waals surface area contributed by atoms with E-state index in [4.69, 9.17) is 0 Å². The Balaban J connectivity index is 1.99.